The highest BCUT2D eigenvalue weighted by molar-refractivity contribution is 9.11. The molecule has 0 spiro atoms. The molecule has 0 aromatic carbocycles. The summed E-state index contributed by atoms with van der Waals surface area (Å²) in [4.78, 5) is 18.7. The first kappa shape index (κ1) is 21.4. The van der Waals surface area contributed by atoms with Crippen LogP contribution in [0.3, 0.4) is 0 Å². The van der Waals surface area contributed by atoms with Crippen molar-refractivity contribution in [1.82, 2.24) is 18.7 Å². The van der Waals surface area contributed by atoms with Crippen LogP contribution in [0.15, 0.2) is 3.92 Å². The molecule has 0 saturated carbocycles. The third-order valence-corrected chi connectivity index (χ3v) is 3.48. The molecule has 0 unspecified atom stereocenters. The quantitative estimate of drug-likeness (QED) is 0.732. The van der Waals surface area contributed by atoms with Crippen LogP contribution in [0.4, 0.5) is 0 Å². The van der Waals surface area contributed by atoms with Gasteiger partial charge in [-0.15, -0.1) is 0 Å². The molecule has 0 atom stereocenters. The third-order valence-electron chi connectivity index (χ3n) is 1.48. The van der Waals surface area contributed by atoms with E-state index in [-0.39, 0.29) is 14.9 Å². The molecule has 114 valence electrons. The fraction of sp³-hybridized carbons (Fsp3) is 0.545. The van der Waals surface area contributed by atoms with Crippen LogP contribution in [0.1, 0.15) is 43.2 Å². The standard InChI is InChI=1S/C6H8N2O2S.C3H3BrN2S.2CH4/c1-3-10-6(9)5-7-4(2)8-11-5;1-2-5-3(4)7-6-2;;/h3H2,1-2H3;1H3;2*1H4. The van der Waals surface area contributed by atoms with Crippen molar-refractivity contribution in [3.8, 4) is 0 Å². The second kappa shape index (κ2) is 10.8. The summed E-state index contributed by atoms with van der Waals surface area (Å²) in [6.07, 6.45) is 0. The lowest BCUT2D eigenvalue weighted by Crippen LogP contribution is -2.03. The average Bonchev–Trinajstić information content (AvgIpc) is 2.89. The molecule has 2 heterocycles. The molecule has 0 fully saturated rings. The lowest BCUT2D eigenvalue weighted by atomic mass is 10.6. The SMILES string of the molecule is C.C.CCOC(=O)c1nc(C)ns1.Cc1nsc(Br)n1. The maximum absolute atomic E-state index is 10.9. The van der Waals surface area contributed by atoms with Crippen molar-refractivity contribution in [2.45, 2.75) is 35.6 Å². The van der Waals surface area contributed by atoms with E-state index in [4.69, 9.17) is 4.74 Å². The summed E-state index contributed by atoms with van der Waals surface area (Å²) in [6.45, 7) is 5.73. The Balaban J connectivity index is 0. The molecule has 2 aromatic rings. The maximum atomic E-state index is 10.9. The van der Waals surface area contributed by atoms with Crippen molar-refractivity contribution in [1.29, 1.82) is 0 Å². The molecular formula is C11H19BrN4O2S2. The van der Waals surface area contributed by atoms with E-state index >= 15 is 0 Å². The Hall–Kier alpha value is -0.930. The van der Waals surface area contributed by atoms with Crippen molar-refractivity contribution in [3.05, 3.63) is 20.6 Å². The van der Waals surface area contributed by atoms with Gasteiger partial charge in [-0.3, -0.25) is 0 Å². The van der Waals surface area contributed by atoms with E-state index in [0.717, 1.165) is 21.3 Å². The summed E-state index contributed by atoms with van der Waals surface area (Å²) >= 11 is 5.60. The molecule has 0 amide bonds. The fourth-order valence-corrected chi connectivity index (χ4v) is 2.31. The van der Waals surface area contributed by atoms with Crippen molar-refractivity contribution >= 4 is 45.0 Å². The van der Waals surface area contributed by atoms with Gasteiger partial charge in [-0.05, 0) is 59.8 Å². The average molecular weight is 383 g/mol. The molecule has 20 heavy (non-hydrogen) atoms. The number of carbonyl (C=O) groups is 1. The lowest BCUT2D eigenvalue weighted by Gasteiger charge is -1.94. The van der Waals surface area contributed by atoms with Crippen LogP contribution in [0.5, 0.6) is 0 Å². The van der Waals surface area contributed by atoms with Crippen LogP contribution in [0.2, 0.25) is 0 Å². The minimum Gasteiger partial charge on any atom is -0.461 e. The number of carbonyl (C=O) groups excluding carboxylic acids is 1. The Kier molecular flexibility index (Phi) is 11.6. The minimum atomic E-state index is -0.391. The number of ether oxygens (including phenoxy) is 1. The summed E-state index contributed by atoms with van der Waals surface area (Å²) < 4.78 is 13.3. The van der Waals surface area contributed by atoms with Gasteiger partial charge in [-0.1, -0.05) is 14.9 Å². The Bertz CT molecular complexity index is 500. The van der Waals surface area contributed by atoms with Crippen LogP contribution in [-0.2, 0) is 4.74 Å². The molecule has 0 saturated heterocycles. The first-order valence-corrected chi connectivity index (χ1v) is 7.30. The zero-order valence-corrected chi connectivity index (χ0v) is 13.2. The van der Waals surface area contributed by atoms with E-state index in [1.54, 1.807) is 13.8 Å². The first-order chi connectivity index (χ1) is 8.52. The van der Waals surface area contributed by atoms with Crippen molar-refractivity contribution in [3.63, 3.8) is 0 Å². The van der Waals surface area contributed by atoms with Crippen LogP contribution in [0, 0.1) is 13.8 Å². The summed E-state index contributed by atoms with van der Waals surface area (Å²) in [5.41, 5.74) is 0. The van der Waals surface area contributed by atoms with E-state index < -0.39 is 5.97 Å². The van der Waals surface area contributed by atoms with Gasteiger partial charge < -0.3 is 4.74 Å². The highest BCUT2D eigenvalue weighted by Gasteiger charge is 2.10. The van der Waals surface area contributed by atoms with Gasteiger partial charge in [0, 0.05) is 0 Å². The highest BCUT2D eigenvalue weighted by atomic mass is 79.9. The number of nitrogens with zero attached hydrogens (tertiary/aromatic N) is 4. The van der Waals surface area contributed by atoms with Crippen LogP contribution in [-0.4, -0.2) is 31.3 Å². The molecule has 0 aliphatic carbocycles. The van der Waals surface area contributed by atoms with E-state index in [2.05, 4.69) is 34.6 Å². The van der Waals surface area contributed by atoms with Gasteiger partial charge >= 0.3 is 5.97 Å². The van der Waals surface area contributed by atoms with Crippen LogP contribution >= 0.6 is 39.0 Å². The number of hydrogen-bond acceptors (Lipinski definition) is 8. The van der Waals surface area contributed by atoms with Gasteiger partial charge in [0.15, 0.2) is 3.92 Å². The topological polar surface area (TPSA) is 77.9 Å². The molecule has 0 bridgehead atoms. The predicted molar refractivity (Wildman–Crippen MR) is 86.4 cm³/mol. The van der Waals surface area contributed by atoms with Gasteiger partial charge in [0.2, 0.25) is 5.01 Å². The number of esters is 1. The van der Waals surface area contributed by atoms with E-state index in [0.29, 0.717) is 17.4 Å². The lowest BCUT2D eigenvalue weighted by molar-refractivity contribution is 0.0525. The number of aromatic nitrogens is 4. The van der Waals surface area contributed by atoms with Crippen molar-refractivity contribution in [2.24, 2.45) is 0 Å². The smallest absolute Gasteiger partial charge is 0.369 e. The summed E-state index contributed by atoms with van der Waals surface area (Å²) in [6, 6.07) is 0. The van der Waals surface area contributed by atoms with E-state index in [1.165, 1.54) is 11.5 Å². The predicted octanol–water partition coefficient (Wildman–Crippen LogP) is 3.90. The first-order valence-electron chi connectivity index (χ1n) is 4.96. The third kappa shape index (κ3) is 7.61. The van der Waals surface area contributed by atoms with Crippen molar-refractivity contribution < 1.29 is 9.53 Å². The Morgan fingerprint density at radius 3 is 2.00 bits per heavy atom. The summed E-state index contributed by atoms with van der Waals surface area (Å²) in [5.74, 6) is 1.05. The molecule has 0 aliphatic heterocycles. The molecule has 0 N–H and O–H groups in total. The zero-order chi connectivity index (χ0) is 13.5. The van der Waals surface area contributed by atoms with E-state index in [1.807, 2.05) is 6.92 Å². The fourth-order valence-electron chi connectivity index (χ4n) is 0.845. The normalized spacial score (nSPS) is 8.60. The number of aryl methyl sites for hydroxylation is 2. The zero-order valence-electron chi connectivity index (χ0n) is 10.0. The summed E-state index contributed by atoms with van der Waals surface area (Å²) in [5, 5.41) is 0.323. The van der Waals surface area contributed by atoms with Crippen LogP contribution in [0.25, 0.3) is 0 Å². The second-order valence-corrected chi connectivity index (χ2v) is 5.74. The highest BCUT2D eigenvalue weighted by Crippen LogP contribution is 2.10. The number of halogens is 1. The van der Waals surface area contributed by atoms with Gasteiger partial charge in [0.25, 0.3) is 0 Å². The molecule has 2 rings (SSSR count). The van der Waals surface area contributed by atoms with Crippen molar-refractivity contribution in [2.75, 3.05) is 6.61 Å². The minimum absolute atomic E-state index is 0. The van der Waals surface area contributed by atoms with E-state index in [9.17, 15) is 4.79 Å². The van der Waals surface area contributed by atoms with Gasteiger partial charge in [0.05, 0.1) is 6.61 Å². The maximum Gasteiger partial charge on any atom is 0.369 e. The van der Waals surface area contributed by atoms with Crippen LogP contribution < -0.4 is 0 Å². The van der Waals surface area contributed by atoms with Gasteiger partial charge in [-0.25, -0.2) is 14.8 Å². The monoisotopic (exact) mass is 382 g/mol. The summed E-state index contributed by atoms with van der Waals surface area (Å²) in [7, 11) is 0. The molecule has 2 aromatic heterocycles. The largest absolute Gasteiger partial charge is 0.461 e. The second-order valence-electron chi connectivity index (χ2n) is 2.96. The number of rotatable bonds is 2. The molecule has 0 radical (unpaired) electrons. The molecular weight excluding hydrogens is 364 g/mol. The molecule has 6 nitrogen and oxygen atoms in total. The Morgan fingerprint density at radius 2 is 1.70 bits per heavy atom. The Labute approximate surface area is 136 Å². The van der Waals surface area contributed by atoms with Gasteiger partial charge in [0.1, 0.15) is 11.6 Å². The molecule has 9 heteroatoms. The van der Waals surface area contributed by atoms with Gasteiger partial charge in [-0.2, -0.15) is 8.75 Å². The number of hydrogen-bond donors (Lipinski definition) is 0. The Morgan fingerprint density at radius 1 is 1.15 bits per heavy atom. The molecule has 0 aliphatic rings.